The minimum Gasteiger partial charge on any atom is -0.366 e. The highest BCUT2D eigenvalue weighted by molar-refractivity contribution is 7.13. The van der Waals surface area contributed by atoms with Crippen LogP contribution in [0.2, 0.25) is 0 Å². The van der Waals surface area contributed by atoms with Gasteiger partial charge in [0.15, 0.2) is 0 Å². The molecule has 0 atom stereocenters. The largest absolute Gasteiger partial charge is 0.366 e. The van der Waals surface area contributed by atoms with E-state index in [2.05, 4.69) is 55.0 Å². The summed E-state index contributed by atoms with van der Waals surface area (Å²) in [6.07, 6.45) is 6.89. The molecule has 8 heteroatoms. The summed E-state index contributed by atoms with van der Waals surface area (Å²) in [6.45, 7) is 4.11. The molecule has 1 fully saturated rings. The van der Waals surface area contributed by atoms with Crippen LogP contribution >= 0.6 is 11.3 Å². The molecule has 0 bridgehead atoms. The van der Waals surface area contributed by atoms with Crippen molar-refractivity contribution in [3.05, 3.63) is 64.8 Å². The Morgan fingerprint density at radius 3 is 2.63 bits per heavy atom. The van der Waals surface area contributed by atoms with Crippen molar-refractivity contribution < 1.29 is 4.79 Å². The molecule has 4 rings (SSSR count). The van der Waals surface area contributed by atoms with Crippen molar-refractivity contribution in [3.63, 3.8) is 0 Å². The fourth-order valence-corrected chi connectivity index (χ4v) is 4.05. The summed E-state index contributed by atoms with van der Waals surface area (Å²) in [5.74, 6) is 0.493. The fraction of sp³-hybridized carbons (Fsp3) is 0.364. The van der Waals surface area contributed by atoms with Crippen molar-refractivity contribution in [2.24, 2.45) is 0 Å². The predicted octanol–water partition coefficient (Wildman–Crippen LogP) is 4.17. The highest BCUT2D eigenvalue weighted by atomic mass is 32.1. The van der Waals surface area contributed by atoms with Gasteiger partial charge in [0.25, 0.3) is 5.91 Å². The Bertz CT molecular complexity index is 937. The van der Waals surface area contributed by atoms with E-state index in [1.54, 1.807) is 17.8 Å². The molecule has 1 saturated heterocycles. The van der Waals surface area contributed by atoms with Crippen molar-refractivity contribution >= 4 is 28.2 Å². The number of pyridine rings is 1. The molecule has 0 spiro atoms. The number of amides is 1. The van der Waals surface area contributed by atoms with Crippen LogP contribution in [0.25, 0.3) is 0 Å². The molecule has 1 aliphatic heterocycles. The van der Waals surface area contributed by atoms with E-state index in [-0.39, 0.29) is 5.91 Å². The third kappa shape index (κ3) is 5.84. The zero-order valence-electron chi connectivity index (χ0n) is 16.9. The average Bonchev–Trinajstić information content (AvgIpc) is 3.15. The zero-order chi connectivity index (χ0) is 20.6. The van der Waals surface area contributed by atoms with E-state index in [1.165, 1.54) is 61.2 Å². The molecule has 30 heavy (non-hydrogen) atoms. The van der Waals surface area contributed by atoms with Crippen molar-refractivity contribution in [2.75, 3.05) is 23.7 Å². The lowest BCUT2D eigenvalue weighted by molar-refractivity contribution is 0.102. The van der Waals surface area contributed by atoms with Gasteiger partial charge in [0.2, 0.25) is 5.13 Å². The van der Waals surface area contributed by atoms with Crippen molar-refractivity contribution in [1.29, 1.82) is 0 Å². The highest BCUT2D eigenvalue weighted by Gasteiger charge is 2.10. The van der Waals surface area contributed by atoms with E-state index in [0.29, 0.717) is 17.2 Å². The molecule has 0 aliphatic carbocycles. The third-order valence-corrected chi connectivity index (χ3v) is 5.78. The average molecular weight is 423 g/mol. The van der Waals surface area contributed by atoms with E-state index >= 15 is 0 Å². The van der Waals surface area contributed by atoms with Crippen LogP contribution in [-0.4, -0.2) is 39.1 Å². The van der Waals surface area contributed by atoms with Crippen LogP contribution in [0.3, 0.4) is 0 Å². The summed E-state index contributed by atoms with van der Waals surface area (Å²) < 4.78 is 0. The Morgan fingerprint density at radius 1 is 1.07 bits per heavy atom. The Kier molecular flexibility index (Phi) is 6.99. The maximum absolute atomic E-state index is 12.2. The lowest BCUT2D eigenvalue weighted by Gasteiger charge is -2.20. The van der Waals surface area contributed by atoms with Gasteiger partial charge in [0.05, 0.1) is 5.56 Å². The number of carbonyl (C=O) groups excluding carboxylic acids is 1. The third-order valence-electron chi connectivity index (χ3n) is 5.18. The van der Waals surface area contributed by atoms with Crippen molar-refractivity contribution in [2.45, 2.75) is 38.8 Å². The standard InChI is InChI=1S/C22H26N6OS/c29-21(26-22-27-25-16-30-22)19-8-9-20(24-14-19)23-13-17-6-5-7-18(12-17)15-28-10-3-1-2-4-11-28/h5-9,12,14,16H,1-4,10-11,13,15H2,(H,23,24)(H,26,27,29). The van der Waals surface area contributed by atoms with E-state index < -0.39 is 0 Å². The number of carbonyl (C=O) groups is 1. The summed E-state index contributed by atoms with van der Waals surface area (Å²) >= 11 is 1.28. The topological polar surface area (TPSA) is 83.0 Å². The summed E-state index contributed by atoms with van der Waals surface area (Å²) in [5, 5.41) is 14.0. The minimum atomic E-state index is -0.244. The summed E-state index contributed by atoms with van der Waals surface area (Å²) in [5.41, 5.74) is 4.63. The summed E-state index contributed by atoms with van der Waals surface area (Å²) in [4.78, 5) is 19.1. The molecule has 0 saturated carbocycles. The van der Waals surface area contributed by atoms with E-state index in [4.69, 9.17) is 0 Å². The Labute approximate surface area is 180 Å². The SMILES string of the molecule is O=C(Nc1nncs1)c1ccc(NCc2cccc(CN3CCCCCC3)c2)nc1. The lowest BCUT2D eigenvalue weighted by Crippen LogP contribution is -2.24. The number of hydrogen-bond acceptors (Lipinski definition) is 7. The lowest BCUT2D eigenvalue weighted by atomic mass is 10.1. The first kappa shape index (κ1) is 20.4. The molecule has 0 unspecified atom stereocenters. The number of nitrogens with one attached hydrogen (secondary N) is 2. The first-order valence-corrected chi connectivity index (χ1v) is 11.2. The Balaban J connectivity index is 1.30. The zero-order valence-corrected chi connectivity index (χ0v) is 17.7. The number of benzene rings is 1. The van der Waals surface area contributed by atoms with Crippen LogP contribution in [-0.2, 0) is 13.1 Å². The van der Waals surface area contributed by atoms with Crippen LogP contribution in [0.1, 0.15) is 47.2 Å². The summed E-state index contributed by atoms with van der Waals surface area (Å²) in [6, 6.07) is 12.3. The van der Waals surface area contributed by atoms with Crippen molar-refractivity contribution in [1.82, 2.24) is 20.1 Å². The number of anilines is 2. The predicted molar refractivity (Wildman–Crippen MR) is 120 cm³/mol. The number of nitrogens with zero attached hydrogens (tertiary/aromatic N) is 4. The molecular formula is C22H26N6OS. The Hall–Kier alpha value is -2.84. The van der Waals surface area contributed by atoms with Gasteiger partial charge >= 0.3 is 0 Å². The quantitative estimate of drug-likeness (QED) is 0.595. The molecule has 2 aromatic heterocycles. The monoisotopic (exact) mass is 422 g/mol. The van der Waals surface area contributed by atoms with Crippen LogP contribution in [0.4, 0.5) is 10.9 Å². The molecule has 1 aromatic carbocycles. The highest BCUT2D eigenvalue weighted by Crippen LogP contribution is 2.16. The molecule has 2 N–H and O–H groups in total. The molecule has 3 heterocycles. The van der Waals surface area contributed by atoms with E-state index in [1.807, 2.05) is 6.07 Å². The van der Waals surface area contributed by atoms with Gasteiger partial charge in [-0.2, -0.15) is 0 Å². The van der Waals surface area contributed by atoms with Gasteiger partial charge in [-0.05, 0) is 49.2 Å². The number of aromatic nitrogens is 3. The number of hydrogen-bond donors (Lipinski definition) is 2. The normalized spacial score (nSPS) is 14.8. The molecule has 1 amide bonds. The van der Waals surface area contributed by atoms with Crippen LogP contribution < -0.4 is 10.6 Å². The molecule has 7 nitrogen and oxygen atoms in total. The smallest absolute Gasteiger partial charge is 0.259 e. The minimum absolute atomic E-state index is 0.244. The van der Waals surface area contributed by atoms with Gasteiger partial charge in [0, 0.05) is 19.3 Å². The second-order valence-corrected chi connectivity index (χ2v) is 8.33. The fourth-order valence-electron chi connectivity index (χ4n) is 3.61. The Morgan fingerprint density at radius 2 is 1.90 bits per heavy atom. The van der Waals surface area contributed by atoms with Gasteiger partial charge < -0.3 is 5.32 Å². The first-order chi connectivity index (χ1) is 14.8. The van der Waals surface area contributed by atoms with Gasteiger partial charge in [-0.1, -0.05) is 48.4 Å². The van der Waals surface area contributed by atoms with Gasteiger partial charge in [-0.25, -0.2) is 4.98 Å². The maximum Gasteiger partial charge on any atom is 0.259 e. The maximum atomic E-state index is 12.2. The number of likely N-dealkylation sites (tertiary alicyclic amines) is 1. The molecule has 0 radical (unpaired) electrons. The second kappa shape index (κ2) is 10.3. The van der Waals surface area contributed by atoms with E-state index in [0.717, 1.165) is 12.4 Å². The second-order valence-electron chi connectivity index (χ2n) is 7.49. The van der Waals surface area contributed by atoms with Crippen LogP contribution in [0.15, 0.2) is 48.1 Å². The molecule has 3 aromatic rings. The van der Waals surface area contributed by atoms with Gasteiger partial charge in [-0.15, -0.1) is 10.2 Å². The molecule has 1 aliphatic rings. The van der Waals surface area contributed by atoms with E-state index in [9.17, 15) is 4.79 Å². The van der Waals surface area contributed by atoms with Crippen LogP contribution in [0.5, 0.6) is 0 Å². The van der Waals surface area contributed by atoms with Crippen molar-refractivity contribution in [3.8, 4) is 0 Å². The molecular weight excluding hydrogens is 396 g/mol. The van der Waals surface area contributed by atoms with Gasteiger partial charge in [-0.3, -0.25) is 15.0 Å². The van der Waals surface area contributed by atoms with Crippen LogP contribution in [0, 0.1) is 0 Å². The first-order valence-electron chi connectivity index (χ1n) is 10.3. The molecule has 156 valence electrons. The summed E-state index contributed by atoms with van der Waals surface area (Å²) in [7, 11) is 0. The van der Waals surface area contributed by atoms with Gasteiger partial charge in [0.1, 0.15) is 11.3 Å². The number of rotatable bonds is 7.